The fraction of sp³-hybridized carbons (Fsp3) is 0.778. The molecule has 0 aliphatic carbocycles. The summed E-state index contributed by atoms with van der Waals surface area (Å²) in [7, 11) is 0. The summed E-state index contributed by atoms with van der Waals surface area (Å²) in [4.78, 5) is 0. The normalized spacial score (nSPS) is 13.9. The van der Waals surface area contributed by atoms with E-state index in [1.165, 1.54) is 0 Å². The second-order valence-corrected chi connectivity index (χ2v) is 3.21. The predicted molar refractivity (Wildman–Crippen MR) is 53.6 cm³/mol. The van der Waals surface area contributed by atoms with Crippen LogP contribution in [0.2, 0.25) is 0 Å². The lowest BCUT2D eigenvalue weighted by Gasteiger charge is -2.08. The highest BCUT2D eigenvalue weighted by atomic mass is 35.5. The molecule has 0 rings (SSSR count). The molecule has 0 aromatic rings. The standard InChI is InChI=1S/C9H18ClNO/c1-9(4-7-12)8-11-6-3-2-5-10/h2-3,9,11-12H,4-8H2,1H3/b3-2+. The SMILES string of the molecule is CC(CCO)CNC/C=C/CCl. The monoisotopic (exact) mass is 191 g/mol. The lowest BCUT2D eigenvalue weighted by molar-refractivity contribution is 0.261. The van der Waals surface area contributed by atoms with Gasteiger partial charge in [-0.1, -0.05) is 19.1 Å². The van der Waals surface area contributed by atoms with Gasteiger partial charge in [-0.25, -0.2) is 0 Å². The average Bonchev–Trinajstić information content (AvgIpc) is 2.05. The van der Waals surface area contributed by atoms with Gasteiger partial charge in [0.1, 0.15) is 0 Å². The third-order valence-electron chi connectivity index (χ3n) is 1.63. The first kappa shape index (κ1) is 11.9. The van der Waals surface area contributed by atoms with Crippen LogP contribution >= 0.6 is 11.6 Å². The van der Waals surface area contributed by atoms with Crippen molar-refractivity contribution in [1.29, 1.82) is 0 Å². The molecule has 0 aliphatic heterocycles. The minimum Gasteiger partial charge on any atom is -0.396 e. The largest absolute Gasteiger partial charge is 0.396 e. The Labute approximate surface area is 79.6 Å². The van der Waals surface area contributed by atoms with Gasteiger partial charge in [-0.2, -0.15) is 0 Å². The Morgan fingerprint density at radius 3 is 2.83 bits per heavy atom. The molecule has 12 heavy (non-hydrogen) atoms. The topological polar surface area (TPSA) is 32.3 Å². The van der Waals surface area contributed by atoms with E-state index in [4.69, 9.17) is 16.7 Å². The molecule has 1 atom stereocenters. The Hall–Kier alpha value is -0.0500. The Bertz CT molecular complexity index is 117. The van der Waals surface area contributed by atoms with E-state index in [2.05, 4.69) is 12.2 Å². The molecule has 0 aliphatic rings. The summed E-state index contributed by atoms with van der Waals surface area (Å²) in [5, 5.41) is 11.9. The summed E-state index contributed by atoms with van der Waals surface area (Å²) < 4.78 is 0. The molecular weight excluding hydrogens is 174 g/mol. The zero-order chi connectivity index (χ0) is 9.23. The second-order valence-electron chi connectivity index (χ2n) is 2.90. The molecule has 0 heterocycles. The van der Waals surface area contributed by atoms with Gasteiger partial charge in [0, 0.05) is 19.0 Å². The molecule has 0 aromatic carbocycles. The Kier molecular flexibility index (Phi) is 9.00. The number of aliphatic hydroxyl groups excluding tert-OH is 1. The van der Waals surface area contributed by atoms with E-state index in [9.17, 15) is 0 Å². The van der Waals surface area contributed by atoms with Gasteiger partial charge in [0.05, 0.1) is 0 Å². The number of halogens is 1. The van der Waals surface area contributed by atoms with Gasteiger partial charge in [-0.15, -0.1) is 11.6 Å². The molecule has 0 saturated heterocycles. The van der Waals surface area contributed by atoms with E-state index in [1.54, 1.807) is 0 Å². The maximum Gasteiger partial charge on any atom is 0.0434 e. The van der Waals surface area contributed by atoms with E-state index in [0.717, 1.165) is 19.5 Å². The molecule has 0 bridgehead atoms. The van der Waals surface area contributed by atoms with E-state index < -0.39 is 0 Å². The van der Waals surface area contributed by atoms with Crippen LogP contribution in [0.15, 0.2) is 12.2 Å². The van der Waals surface area contributed by atoms with Crippen LogP contribution in [0, 0.1) is 5.92 Å². The maximum absolute atomic E-state index is 8.62. The first-order chi connectivity index (χ1) is 5.81. The van der Waals surface area contributed by atoms with Gasteiger partial charge in [0.2, 0.25) is 0 Å². The zero-order valence-electron chi connectivity index (χ0n) is 7.59. The highest BCUT2D eigenvalue weighted by Gasteiger charge is 1.97. The van der Waals surface area contributed by atoms with Crippen LogP contribution in [0.1, 0.15) is 13.3 Å². The highest BCUT2D eigenvalue weighted by Crippen LogP contribution is 1.97. The van der Waals surface area contributed by atoms with Gasteiger partial charge in [0.25, 0.3) is 0 Å². The second kappa shape index (κ2) is 9.04. The smallest absolute Gasteiger partial charge is 0.0434 e. The predicted octanol–water partition coefficient (Wildman–Crippen LogP) is 1.39. The van der Waals surface area contributed by atoms with E-state index >= 15 is 0 Å². The number of aliphatic hydroxyl groups is 1. The Morgan fingerprint density at radius 1 is 1.50 bits per heavy atom. The Morgan fingerprint density at radius 2 is 2.25 bits per heavy atom. The molecule has 2 N–H and O–H groups in total. The van der Waals surface area contributed by atoms with Gasteiger partial charge in [0.15, 0.2) is 0 Å². The van der Waals surface area contributed by atoms with Gasteiger partial charge in [-0.3, -0.25) is 0 Å². The number of hydrogen-bond donors (Lipinski definition) is 2. The van der Waals surface area contributed by atoms with Gasteiger partial charge in [-0.05, 0) is 18.9 Å². The van der Waals surface area contributed by atoms with Crippen molar-refractivity contribution in [3.63, 3.8) is 0 Å². The van der Waals surface area contributed by atoms with Crippen molar-refractivity contribution in [2.45, 2.75) is 13.3 Å². The summed E-state index contributed by atoms with van der Waals surface area (Å²) in [6.45, 7) is 4.21. The van der Waals surface area contributed by atoms with Crippen molar-refractivity contribution in [3.05, 3.63) is 12.2 Å². The summed E-state index contributed by atoms with van der Waals surface area (Å²) in [5.74, 6) is 1.12. The fourth-order valence-corrected chi connectivity index (χ4v) is 1.01. The molecule has 0 spiro atoms. The first-order valence-electron chi connectivity index (χ1n) is 4.33. The minimum atomic E-state index is 0.278. The fourth-order valence-electron chi connectivity index (χ4n) is 0.882. The van der Waals surface area contributed by atoms with Crippen molar-refractivity contribution in [3.8, 4) is 0 Å². The molecule has 1 unspecified atom stereocenters. The number of hydrogen-bond acceptors (Lipinski definition) is 2. The van der Waals surface area contributed by atoms with E-state index in [1.807, 2.05) is 12.2 Å². The quantitative estimate of drug-likeness (QED) is 0.362. The van der Waals surface area contributed by atoms with Crippen LogP contribution in [0.25, 0.3) is 0 Å². The summed E-state index contributed by atoms with van der Waals surface area (Å²) in [6, 6.07) is 0. The molecule has 0 aromatic heterocycles. The molecular formula is C9H18ClNO. The van der Waals surface area contributed by atoms with Crippen LogP contribution in [-0.4, -0.2) is 30.7 Å². The first-order valence-corrected chi connectivity index (χ1v) is 4.87. The lowest BCUT2D eigenvalue weighted by Crippen LogP contribution is -2.21. The number of nitrogens with one attached hydrogen (secondary N) is 1. The van der Waals surface area contributed by atoms with Crippen molar-refractivity contribution in [2.75, 3.05) is 25.6 Å². The molecule has 0 amide bonds. The number of alkyl halides is 1. The van der Waals surface area contributed by atoms with Crippen LogP contribution < -0.4 is 5.32 Å². The van der Waals surface area contributed by atoms with E-state index in [0.29, 0.717) is 11.8 Å². The molecule has 0 saturated carbocycles. The van der Waals surface area contributed by atoms with E-state index in [-0.39, 0.29) is 6.61 Å². The summed E-state index contributed by atoms with van der Waals surface area (Å²) >= 11 is 5.45. The molecule has 3 heteroatoms. The lowest BCUT2D eigenvalue weighted by atomic mass is 10.1. The van der Waals surface area contributed by atoms with Crippen molar-refractivity contribution in [1.82, 2.24) is 5.32 Å². The van der Waals surface area contributed by atoms with Crippen molar-refractivity contribution >= 4 is 11.6 Å². The third-order valence-corrected chi connectivity index (χ3v) is 1.81. The van der Waals surface area contributed by atoms with Gasteiger partial charge >= 0.3 is 0 Å². The summed E-state index contributed by atoms with van der Waals surface area (Å²) in [6.07, 6.45) is 4.80. The number of allylic oxidation sites excluding steroid dienone is 1. The van der Waals surface area contributed by atoms with Crippen molar-refractivity contribution < 1.29 is 5.11 Å². The van der Waals surface area contributed by atoms with Gasteiger partial charge < -0.3 is 10.4 Å². The molecule has 0 radical (unpaired) electrons. The highest BCUT2D eigenvalue weighted by molar-refractivity contribution is 6.18. The molecule has 72 valence electrons. The van der Waals surface area contributed by atoms with Crippen LogP contribution in [0.3, 0.4) is 0 Å². The van der Waals surface area contributed by atoms with Crippen LogP contribution in [0.5, 0.6) is 0 Å². The summed E-state index contributed by atoms with van der Waals surface area (Å²) in [5.41, 5.74) is 0. The zero-order valence-corrected chi connectivity index (χ0v) is 8.35. The average molecular weight is 192 g/mol. The number of rotatable bonds is 7. The minimum absolute atomic E-state index is 0.278. The Balaban J connectivity index is 3.13. The van der Waals surface area contributed by atoms with Crippen LogP contribution in [-0.2, 0) is 0 Å². The van der Waals surface area contributed by atoms with Crippen LogP contribution in [0.4, 0.5) is 0 Å². The van der Waals surface area contributed by atoms with Crippen molar-refractivity contribution in [2.24, 2.45) is 5.92 Å². The maximum atomic E-state index is 8.62. The molecule has 2 nitrogen and oxygen atoms in total. The third kappa shape index (κ3) is 8.05. The molecule has 0 fully saturated rings.